The van der Waals surface area contributed by atoms with Gasteiger partial charge in [-0.05, 0) is 42.5 Å². The van der Waals surface area contributed by atoms with Crippen molar-refractivity contribution >= 4 is 56.4 Å². The van der Waals surface area contributed by atoms with E-state index >= 15 is 0 Å². The van der Waals surface area contributed by atoms with Gasteiger partial charge in [0, 0.05) is 35.5 Å². The number of carbonyl (C=O) groups is 3. The van der Waals surface area contributed by atoms with E-state index in [0.717, 1.165) is 15.7 Å². The molecule has 2 aromatic carbocycles. The molecule has 0 unspecified atom stereocenters. The number of halogens is 1. The molecular formula is C25H25BrN6O5. The number of nitrogens with one attached hydrogen (secondary N) is 2. The molecule has 5 N–H and O–H groups in total. The number of carboxylic acid groups (broad SMARTS) is 1. The highest BCUT2D eigenvalue weighted by Gasteiger charge is 2.23. The highest BCUT2D eigenvalue weighted by Crippen LogP contribution is 2.28. The van der Waals surface area contributed by atoms with Crippen LogP contribution in [0.3, 0.4) is 0 Å². The first-order valence-corrected chi connectivity index (χ1v) is 11.4. The smallest absolute Gasteiger partial charge is 0.326 e. The fourth-order valence-corrected chi connectivity index (χ4v) is 3.65. The average Bonchev–Trinajstić information content (AvgIpc) is 3.14. The number of carboxylic acids is 1. The van der Waals surface area contributed by atoms with Crippen molar-refractivity contribution in [1.29, 1.82) is 0 Å². The van der Waals surface area contributed by atoms with Crippen LogP contribution in [0.2, 0.25) is 0 Å². The zero-order valence-electron chi connectivity index (χ0n) is 18.9. The summed E-state index contributed by atoms with van der Waals surface area (Å²) in [6, 6.07) is 14.6. The van der Waals surface area contributed by atoms with E-state index in [1.165, 1.54) is 12.3 Å². The molecule has 0 radical (unpaired) electrons. The Bertz CT molecular complexity index is 1450. The van der Waals surface area contributed by atoms with Crippen LogP contribution in [0.15, 0.2) is 65.3 Å². The molecule has 0 aliphatic heterocycles. The maximum atomic E-state index is 12.5. The SMILES string of the molecule is C.Cn1c(Nc2ccc(Br)cc2)nc2cc(Oc3ccnc(C(=O)N[C@@H](CC(N)=O)C(=O)O)c3)ccc21. The van der Waals surface area contributed by atoms with Crippen LogP contribution < -0.4 is 21.1 Å². The minimum absolute atomic E-state index is 0. The largest absolute Gasteiger partial charge is 0.480 e. The molecule has 11 nitrogen and oxygen atoms in total. The number of amides is 2. The molecule has 4 aromatic rings. The number of nitrogens with two attached hydrogens (primary N) is 1. The van der Waals surface area contributed by atoms with E-state index in [2.05, 4.69) is 36.5 Å². The number of nitrogens with zero attached hydrogens (tertiary/aromatic N) is 3. The van der Waals surface area contributed by atoms with Crippen molar-refractivity contribution in [3.63, 3.8) is 0 Å². The Morgan fingerprint density at radius 1 is 1.11 bits per heavy atom. The molecule has 0 aliphatic rings. The van der Waals surface area contributed by atoms with Gasteiger partial charge in [-0.25, -0.2) is 9.78 Å². The second-order valence-corrected chi connectivity index (χ2v) is 8.71. The molecule has 12 heteroatoms. The fourth-order valence-electron chi connectivity index (χ4n) is 3.39. The van der Waals surface area contributed by atoms with E-state index in [4.69, 9.17) is 10.5 Å². The molecule has 37 heavy (non-hydrogen) atoms. The second-order valence-electron chi connectivity index (χ2n) is 7.79. The molecule has 0 saturated heterocycles. The third-order valence-electron chi connectivity index (χ3n) is 5.16. The summed E-state index contributed by atoms with van der Waals surface area (Å²) in [6.07, 6.45) is 0.813. The summed E-state index contributed by atoms with van der Waals surface area (Å²) in [7, 11) is 1.90. The molecule has 2 aromatic heterocycles. The van der Waals surface area contributed by atoms with E-state index in [0.29, 0.717) is 23.0 Å². The predicted molar refractivity (Wildman–Crippen MR) is 142 cm³/mol. The highest BCUT2D eigenvalue weighted by molar-refractivity contribution is 9.10. The van der Waals surface area contributed by atoms with Crippen molar-refractivity contribution in [3.8, 4) is 11.5 Å². The summed E-state index contributed by atoms with van der Waals surface area (Å²) in [6.45, 7) is 0. The van der Waals surface area contributed by atoms with E-state index in [9.17, 15) is 19.5 Å². The van der Waals surface area contributed by atoms with Crippen molar-refractivity contribution in [1.82, 2.24) is 19.9 Å². The summed E-state index contributed by atoms with van der Waals surface area (Å²) in [5, 5.41) is 14.7. The number of hydrogen-bond donors (Lipinski definition) is 4. The Hall–Kier alpha value is -4.45. The van der Waals surface area contributed by atoms with E-state index in [1.807, 2.05) is 41.9 Å². The quantitative estimate of drug-likeness (QED) is 0.236. The molecule has 0 bridgehead atoms. The first-order chi connectivity index (χ1) is 17.2. The van der Waals surface area contributed by atoms with Crippen LogP contribution in [-0.4, -0.2) is 43.5 Å². The summed E-state index contributed by atoms with van der Waals surface area (Å²) in [5.41, 5.74) is 7.43. The van der Waals surface area contributed by atoms with Crippen LogP contribution in [0.1, 0.15) is 24.3 Å². The number of pyridine rings is 1. The Morgan fingerprint density at radius 2 is 1.81 bits per heavy atom. The van der Waals surface area contributed by atoms with Crippen LogP contribution in [0.4, 0.5) is 11.6 Å². The summed E-state index contributed by atoms with van der Waals surface area (Å²) in [5.74, 6) is -1.58. The number of hydrogen-bond acceptors (Lipinski definition) is 7. The molecule has 0 saturated carbocycles. The molecule has 192 valence electrons. The number of ether oxygens (including phenoxy) is 1. The third kappa shape index (κ3) is 6.61. The number of carbonyl (C=O) groups excluding carboxylic acids is 2. The van der Waals surface area contributed by atoms with Gasteiger partial charge in [-0.1, -0.05) is 23.4 Å². The molecule has 0 spiro atoms. The number of primary amides is 1. The fraction of sp³-hybridized carbons (Fsp3) is 0.160. The van der Waals surface area contributed by atoms with Gasteiger partial charge in [-0.3, -0.25) is 14.6 Å². The highest BCUT2D eigenvalue weighted by atomic mass is 79.9. The molecule has 0 fully saturated rings. The lowest BCUT2D eigenvalue weighted by molar-refractivity contribution is -0.140. The number of benzene rings is 2. The number of aliphatic carboxylic acids is 1. The molecule has 2 heterocycles. The van der Waals surface area contributed by atoms with E-state index < -0.39 is 30.2 Å². The van der Waals surface area contributed by atoms with Gasteiger partial charge in [-0.2, -0.15) is 0 Å². The molecule has 0 aliphatic carbocycles. The van der Waals surface area contributed by atoms with Crippen LogP contribution in [-0.2, 0) is 16.6 Å². The number of imidazole rings is 1. The normalized spacial score (nSPS) is 11.3. The molecule has 4 rings (SSSR count). The lowest BCUT2D eigenvalue weighted by Crippen LogP contribution is -2.43. The second kappa shape index (κ2) is 11.5. The number of aryl methyl sites for hydroxylation is 1. The third-order valence-corrected chi connectivity index (χ3v) is 5.69. The Morgan fingerprint density at radius 3 is 2.49 bits per heavy atom. The van der Waals surface area contributed by atoms with Crippen molar-refractivity contribution < 1.29 is 24.2 Å². The van der Waals surface area contributed by atoms with Crippen LogP contribution in [0, 0.1) is 0 Å². The van der Waals surface area contributed by atoms with E-state index in [1.54, 1.807) is 18.2 Å². The lowest BCUT2D eigenvalue weighted by atomic mass is 10.2. The number of fused-ring (bicyclic) bond motifs is 1. The summed E-state index contributed by atoms with van der Waals surface area (Å²) >= 11 is 3.42. The monoisotopic (exact) mass is 568 g/mol. The van der Waals surface area contributed by atoms with Gasteiger partial charge >= 0.3 is 5.97 Å². The number of aromatic nitrogens is 3. The Labute approximate surface area is 220 Å². The lowest BCUT2D eigenvalue weighted by Gasteiger charge is -2.13. The van der Waals surface area contributed by atoms with Crippen molar-refractivity contribution in [3.05, 3.63) is 71.0 Å². The molecular weight excluding hydrogens is 544 g/mol. The Kier molecular flexibility index (Phi) is 8.45. The van der Waals surface area contributed by atoms with Crippen LogP contribution in [0.5, 0.6) is 11.5 Å². The topological polar surface area (TPSA) is 161 Å². The van der Waals surface area contributed by atoms with Gasteiger partial charge in [-0.15, -0.1) is 0 Å². The average molecular weight is 569 g/mol. The summed E-state index contributed by atoms with van der Waals surface area (Å²) < 4.78 is 8.78. The van der Waals surface area contributed by atoms with Gasteiger partial charge in [0.15, 0.2) is 0 Å². The van der Waals surface area contributed by atoms with Gasteiger partial charge in [0.05, 0.1) is 17.5 Å². The zero-order valence-corrected chi connectivity index (χ0v) is 20.5. The first kappa shape index (κ1) is 27.1. The zero-order chi connectivity index (χ0) is 25.8. The number of anilines is 2. The van der Waals surface area contributed by atoms with E-state index in [-0.39, 0.29) is 13.1 Å². The van der Waals surface area contributed by atoms with Gasteiger partial charge in [0.2, 0.25) is 11.9 Å². The van der Waals surface area contributed by atoms with Gasteiger partial charge in [0.1, 0.15) is 23.2 Å². The maximum Gasteiger partial charge on any atom is 0.326 e. The van der Waals surface area contributed by atoms with Gasteiger partial charge in [0.25, 0.3) is 5.91 Å². The molecule has 1 atom stereocenters. The minimum Gasteiger partial charge on any atom is -0.480 e. The van der Waals surface area contributed by atoms with Crippen LogP contribution in [0.25, 0.3) is 11.0 Å². The number of rotatable bonds is 9. The maximum absolute atomic E-state index is 12.5. The van der Waals surface area contributed by atoms with Gasteiger partial charge < -0.3 is 30.8 Å². The van der Waals surface area contributed by atoms with Crippen molar-refractivity contribution in [2.45, 2.75) is 19.9 Å². The summed E-state index contributed by atoms with van der Waals surface area (Å²) in [4.78, 5) is 43.4. The molecule has 2 amide bonds. The standard InChI is InChI=1S/C24H21BrN6O5.CH4/c1-31-20-7-6-15(10-17(20)30-24(31)28-14-4-2-13(25)3-5-14)36-16-8-9-27-18(11-16)22(33)29-19(23(34)35)12-21(26)32;/h2-11,19H,12H2,1H3,(H2,26,32)(H,28,30)(H,29,33)(H,34,35);1H4/t19-;/m0./s1. The van der Waals surface area contributed by atoms with Crippen LogP contribution >= 0.6 is 15.9 Å². The van der Waals surface area contributed by atoms with Crippen molar-refractivity contribution in [2.75, 3.05) is 5.32 Å². The predicted octanol–water partition coefficient (Wildman–Crippen LogP) is 3.96. The van der Waals surface area contributed by atoms with Crippen molar-refractivity contribution in [2.24, 2.45) is 12.8 Å². The first-order valence-electron chi connectivity index (χ1n) is 10.6. The Balaban J connectivity index is 0.00000380. The minimum atomic E-state index is -1.46.